The van der Waals surface area contributed by atoms with Gasteiger partial charge in [0.1, 0.15) is 6.54 Å². The van der Waals surface area contributed by atoms with Crippen LogP contribution in [0.25, 0.3) is 0 Å². The monoisotopic (exact) mass is 482 g/mol. The number of hydrogen-bond acceptors (Lipinski definition) is 5. The van der Waals surface area contributed by atoms with E-state index in [1.54, 1.807) is 66.7 Å². The van der Waals surface area contributed by atoms with E-state index in [4.69, 9.17) is 0 Å². The third-order valence-corrected chi connectivity index (χ3v) is 6.12. The summed E-state index contributed by atoms with van der Waals surface area (Å²) in [5.74, 6) is -1.79. The summed E-state index contributed by atoms with van der Waals surface area (Å²) < 4.78 is 0. The number of fused-ring (bicyclic) bond motifs is 2. The largest absolute Gasteiger partial charge is 0.326 e. The lowest BCUT2D eigenvalue weighted by Crippen LogP contribution is -2.42. The van der Waals surface area contributed by atoms with Crippen LogP contribution in [-0.4, -0.2) is 47.5 Å². The fourth-order valence-corrected chi connectivity index (χ4v) is 4.31. The standard InChI is InChI=1S/C27H22N4O5/c1-16-6-11-19-20(14-16)27(36)30(26(19)35)13-12-23(32)28-18-9-7-17(8-10-18)25(34)31-15-24(33)29-21-4-2-3-5-22(21)31/h2-11,14H,12-13,15H2,1H3,(H,28,32)(H,29,33). The Labute approximate surface area is 206 Å². The van der Waals surface area contributed by atoms with Gasteiger partial charge in [-0.2, -0.15) is 0 Å². The van der Waals surface area contributed by atoms with Crippen LogP contribution in [0.15, 0.2) is 66.7 Å². The average Bonchev–Trinajstić information content (AvgIpc) is 3.10. The molecule has 5 amide bonds. The normalized spacial score (nSPS) is 14.3. The van der Waals surface area contributed by atoms with Gasteiger partial charge in [-0.15, -0.1) is 0 Å². The Morgan fingerprint density at radius 1 is 0.917 bits per heavy atom. The second-order valence-electron chi connectivity index (χ2n) is 8.64. The molecular weight excluding hydrogens is 460 g/mol. The van der Waals surface area contributed by atoms with Crippen molar-refractivity contribution in [3.63, 3.8) is 0 Å². The molecule has 2 N–H and O–H groups in total. The number of benzene rings is 3. The van der Waals surface area contributed by atoms with E-state index < -0.39 is 11.8 Å². The molecule has 0 aromatic heterocycles. The molecular formula is C27H22N4O5. The van der Waals surface area contributed by atoms with Crippen molar-refractivity contribution in [1.82, 2.24) is 4.90 Å². The van der Waals surface area contributed by atoms with Gasteiger partial charge in [-0.05, 0) is 55.5 Å². The van der Waals surface area contributed by atoms with Crippen LogP contribution in [0.3, 0.4) is 0 Å². The highest BCUT2D eigenvalue weighted by atomic mass is 16.2. The lowest BCUT2D eigenvalue weighted by Gasteiger charge is -2.29. The second-order valence-corrected chi connectivity index (χ2v) is 8.64. The summed E-state index contributed by atoms with van der Waals surface area (Å²) in [4.78, 5) is 65.1. The molecule has 0 radical (unpaired) electrons. The van der Waals surface area contributed by atoms with Crippen LogP contribution in [0.2, 0.25) is 0 Å². The van der Waals surface area contributed by atoms with Crippen LogP contribution in [0.1, 0.15) is 43.1 Å². The smallest absolute Gasteiger partial charge is 0.261 e. The van der Waals surface area contributed by atoms with E-state index in [9.17, 15) is 24.0 Å². The average molecular weight is 482 g/mol. The topological polar surface area (TPSA) is 116 Å². The van der Waals surface area contributed by atoms with Crippen molar-refractivity contribution in [1.29, 1.82) is 0 Å². The molecule has 0 fully saturated rings. The molecule has 0 aliphatic carbocycles. The van der Waals surface area contributed by atoms with Gasteiger partial charge in [0.15, 0.2) is 0 Å². The van der Waals surface area contributed by atoms with Gasteiger partial charge in [-0.3, -0.25) is 33.8 Å². The molecule has 36 heavy (non-hydrogen) atoms. The van der Waals surface area contributed by atoms with Crippen LogP contribution in [0.5, 0.6) is 0 Å². The van der Waals surface area contributed by atoms with Crippen molar-refractivity contribution in [2.75, 3.05) is 28.6 Å². The van der Waals surface area contributed by atoms with E-state index in [0.29, 0.717) is 33.8 Å². The van der Waals surface area contributed by atoms with Crippen LogP contribution in [0, 0.1) is 6.92 Å². The SMILES string of the molecule is Cc1ccc2c(c1)C(=O)N(CCC(=O)Nc1ccc(C(=O)N3CC(=O)Nc4ccccc43)cc1)C2=O. The molecule has 0 unspecified atom stereocenters. The van der Waals surface area contributed by atoms with Gasteiger partial charge in [0.05, 0.1) is 22.5 Å². The van der Waals surface area contributed by atoms with E-state index in [1.807, 2.05) is 6.92 Å². The molecule has 9 nitrogen and oxygen atoms in total. The summed E-state index contributed by atoms with van der Waals surface area (Å²) in [7, 11) is 0. The summed E-state index contributed by atoms with van der Waals surface area (Å²) in [6.07, 6.45) is -0.0647. The summed E-state index contributed by atoms with van der Waals surface area (Å²) in [5, 5.41) is 5.46. The summed E-state index contributed by atoms with van der Waals surface area (Å²) in [6, 6.07) is 18.4. The van der Waals surface area contributed by atoms with Gasteiger partial charge < -0.3 is 10.6 Å². The summed E-state index contributed by atoms with van der Waals surface area (Å²) in [6.45, 7) is 1.71. The van der Waals surface area contributed by atoms with Gasteiger partial charge in [0, 0.05) is 24.2 Å². The first-order chi connectivity index (χ1) is 17.3. The van der Waals surface area contributed by atoms with E-state index in [2.05, 4.69) is 10.6 Å². The molecule has 9 heteroatoms. The van der Waals surface area contributed by atoms with Gasteiger partial charge in [0.2, 0.25) is 11.8 Å². The number of rotatable bonds is 5. The maximum Gasteiger partial charge on any atom is 0.261 e. The quantitative estimate of drug-likeness (QED) is 0.542. The van der Waals surface area contributed by atoms with Crippen LogP contribution in [-0.2, 0) is 9.59 Å². The van der Waals surface area contributed by atoms with Crippen LogP contribution in [0.4, 0.5) is 17.1 Å². The Kier molecular flexibility index (Phi) is 5.81. The molecule has 0 spiro atoms. The van der Waals surface area contributed by atoms with Crippen molar-refractivity contribution in [2.24, 2.45) is 0 Å². The molecule has 5 rings (SSSR count). The second kappa shape index (κ2) is 9.10. The van der Waals surface area contributed by atoms with Crippen molar-refractivity contribution >= 4 is 46.6 Å². The number of carbonyl (C=O) groups is 5. The number of nitrogens with zero attached hydrogens (tertiary/aromatic N) is 2. The molecule has 2 aliphatic heterocycles. The number of para-hydroxylation sites is 2. The Balaban J connectivity index is 1.20. The van der Waals surface area contributed by atoms with Gasteiger partial charge in [-0.25, -0.2) is 0 Å². The van der Waals surface area contributed by atoms with Gasteiger partial charge in [-0.1, -0.05) is 23.8 Å². The van der Waals surface area contributed by atoms with Crippen molar-refractivity contribution in [2.45, 2.75) is 13.3 Å². The highest BCUT2D eigenvalue weighted by molar-refractivity contribution is 6.21. The molecule has 0 saturated carbocycles. The lowest BCUT2D eigenvalue weighted by atomic mass is 10.1. The van der Waals surface area contributed by atoms with Crippen molar-refractivity contribution in [3.8, 4) is 0 Å². The maximum atomic E-state index is 13.1. The molecule has 0 bridgehead atoms. The molecule has 180 valence electrons. The highest BCUT2D eigenvalue weighted by Crippen LogP contribution is 2.30. The Morgan fingerprint density at radius 2 is 1.64 bits per heavy atom. The van der Waals surface area contributed by atoms with Crippen LogP contribution >= 0.6 is 0 Å². The minimum absolute atomic E-state index is 0.0375. The number of aryl methyl sites for hydroxylation is 1. The summed E-state index contributed by atoms with van der Waals surface area (Å²) >= 11 is 0. The van der Waals surface area contributed by atoms with Crippen molar-refractivity contribution in [3.05, 3.63) is 89.0 Å². The van der Waals surface area contributed by atoms with E-state index in [1.165, 1.54) is 4.90 Å². The first-order valence-electron chi connectivity index (χ1n) is 11.4. The fraction of sp³-hybridized carbons (Fsp3) is 0.148. The van der Waals surface area contributed by atoms with Gasteiger partial charge >= 0.3 is 0 Å². The zero-order valence-corrected chi connectivity index (χ0v) is 19.4. The molecule has 0 saturated heterocycles. The third-order valence-electron chi connectivity index (χ3n) is 6.12. The fourth-order valence-electron chi connectivity index (χ4n) is 4.31. The summed E-state index contributed by atoms with van der Waals surface area (Å²) in [5.41, 5.74) is 3.59. The Bertz CT molecular complexity index is 1430. The van der Waals surface area contributed by atoms with Crippen molar-refractivity contribution < 1.29 is 24.0 Å². The zero-order chi connectivity index (χ0) is 25.4. The Hall–Kier alpha value is -4.79. The molecule has 3 aromatic rings. The van der Waals surface area contributed by atoms with E-state index in [0.717, 1.165) is 10.5 Å². The molecule has 3 aromatic carbocycles. The number of nitrogens with one attached hydrogen (secondary N) is 2. The van der Waals surface area contributed by atoms with Crippen LogP contribution < -0.4 is 15.5 Å². The third kappa shape index (κ3) is 4.22. The molecule has 0 atom stereocenters. The predicted molar refractivity (Wildman–Crippen MR) is 133 cm³/mol. The first-order valence-corrected chi connectivity index (χ1v) is 11.4. The molecule has 2 aliphatic rings. The minimum atomic E-state index is -0.404. The highest BCUT2D eigenvalue weighted by Gasteiger charge is 2.35. The number of amides is 5. The maximum absolute atomic E-state index is 13.1. The van der Waals surface area contributed by atoms with E-state index in [-0.39, 0.29) is 37.2 Å². The lowest BCUT2D eigenvalue weighted by molar-refractivity contribution is -0.116. The van der Waals surface area contributed by atoms with Gasteiger partial charge in [0.25, 0.3) is 17.7 Å². The Morgan fingerprint density at radius 3 is 2.42 bits per heavy atom. The number of anilines is 3. The zero-order valence-electron chi connectivity index (χ0n) is 19.4. The molecule has 2 heterocycles. The van der Waals surface area contributed by atoms with E-state index >= 15 is 0 Å². The predicted octanol–water partition coefficient (Wildman–Crippen LogP) is 3.22. The minimum Gasteiger partial charge on any atom is -0.326 e. The number of hydrogen-bond donors (Lipinski definition) is 2. The number of carbonyl (C=O) groups excluding carboxylic acids is 5. The number of imide groups is 1. The first kappa shape index (κ1) is 23.0.